The number of aromatic hydroxyl groups is 3. The van der Waals surface area contributed by atoms with Crippen LogP contribution in [0, 0.1) is 19.8 Å². The number of aryl methyl sites for hydroxylation is 2. The van der Waals surface area contributed by atoms with Crippen LogP contribution in [0.15, 0.2) is 54.6 Å². The molecule has 0 unspecified atom stereocenters. The van der Waals surface area contributed by atoms with Gasteiger partial charge in [-0.25, -0.2) is 0 Å². The molecule has 0 amide bonds. The minimum Gasteiger partial charge on any atom is -0.508 e. The van der Waals surface area contributed by atoms with E-state index >= 15 is 0 Å². The van der Waals surface area contributed by atoms with E-state index in [1.165, 1.54) is 6.07 Å². The zero-order valence-corrected chi connectivity index (χ0v) is 20.1. The Hall–Kier alpha value is -3.40. The van der Waals surface area contributed by atoms with Crippen LogP contribution >= 0.6 is 0 Å². The van der Waals surface area contributed by atoms with Gasteiger partial charge < -0.3 is 20.1 Å². The maximum Gasteiger partial charge on any atom is 0.131 e. The molecule has 0 atom stereocenters. The van der Waals surface area contributed by atoms with Crippen LogP contribution in [-0.2, 0) is 6.42 Å². The van der Waals surface area contributed by atoms with Gasteiger partial charge in [0.15, 0.2) is 0 Å². The monoisotopic (exact) mass is 446 g/mol. The molecule has 0 spiro atoms. The van der Waals surface area contributed by atoms with Crippen molar-refractivity contribution < 1.29 is 20.1 Å². The van der Waals surface area contributed by atoms with E-state index < -0.39 is 0 Å². The lowest BCUT2D eigenvalue weighted by Gasteiger charge is -2.14. The van der Waals surface area contributed by atoms with Gasteiger partial charge in [-0.1, -0.05) is 32.1 Å². The van der Waals surface area contributed by atoms with Crippen LogP contribution in [0.5, 0.6) is 28.7 Å². The number of rotatable bonds is 8. The molecule has 0 saturated heterocycles. The Labute approximate surface area is 196 Å². The summed E-state index contributed by atoms with van der Waals surface area (Å²) in [5.41, 5.74) is 5.38. The van der Waals surface area contributed by atoms with Gasteiger partial charge in [-0.05, 0) is 86.1 Å². The van der Waals surface area contributed by atoms with E-state index in [0.29, 0.717) is 23.8 Å². The molecule has 3 aromatic carbocycles. The zero-order valence-electron chi connectivity index (χ0n) is 20.1. The Morgan fingerprint density at radius 2 is 1.64 bits per heavy atom. The first kappa shape index (κ1) is 24.2. The van der Waals surface area contributed by atoms with E-state index in [4.69, 9.17) is 4.74 Å². The van der Waals surface area contributed by atoms with Crippen molar-refractivity contribution in [2.45, 2.75) is 53.9 Å². The van der Waals surface area contributed by atoms with Crippen LogP contribution in [0.2, 0.25) is 0 Å². The van der Waals surface area contributed by atoms with Crippen molar-refractivity contribution in [1.29, 1.82) is 0 Å². The van der Waals surface area contributed by atoms with Crippen molar-refractivity contribution >= 4 is 5.57 Å². The Bertz CT molecular complexity index is 1120. The standard InChI is InChI=1S/C29H34O4/c1-18(2)7-6-8-20(4)26-10-9-22(15-28(26)31)14-27-21(5)13-25(17-29(27)32)33-24-12-19(3)11-23(30)16-24/h8-13,15-18,30-32H,6-7,14H2,1-5H3/b20-8-. The maximum atomic E-state index is 10.7. The number of hydrogen-bond donors (Lipinski definition) is 3. The van der Waals surface area contributed by atoms with Crippen LogP contribution < -0.4 is 4.74 Å². The molecule has 33 heavy (non-hydrogen) atoms. The van der Waals surface area contributed by atoms with Gasteiger partial charge in [-0.15, -0.1) is 0 Å². The van der Waals surface area contributed by atoms with E-state index in [0.717, 1.165) is 46.2 Å². The molecule has 3 N–H and O–H groups in total. The normalized spacial score (nSPS) is 11.8. The molecule has 0 aromatic heterocycles. The molecular formula is C29H34O4. The predicted octanol–water partition coefficient (Wildman–Crippen LogP) is 7.64. The van der Waals surface area contributed by atoms with Crippen LogP contribution in [0.25, 0.3) is 5.57 Å². The smallest absolute Gasteiger partial charge is 0.131 e. The summed E-state index contributed by atoms with van der Waals surface area (Å²) in [5, 5.41) is 31.0. The summed E-state index contributed by atoms with van der Waals surface area (Å²) in [6.45, 7) is 10.2. The highest BCUT2D eigenvalue weighted by atomic mass is 16.5. The molecule has 4 heteroatoms. The second-order valence-corrected chi connectivity index (χ2v) is 9.23. The fourth-order valence-corrected chi connectivity index (χ4v) is 3.95. The third-order valence-corrected chi connectivity index (χ3v) is 5.76. The number of hydrogen-bond acceptors (Lipinski definition) is 4. The van der Waals surface area contributed by atoms with E-state index in [1.807, 2.05) is 45.0 Å². The SMILES string of the molecule is C/C(=C/CCC(C)C)c1ccc(Cc2c(C)cc(Oc3cc(C)cc(O)c3)cc2O)cc1O. The third kappa shape index (κ3) is 6.55. The van der Waals surface area contributed by atoms with Crippen molar-refractivity contribution in [2.75, 3.05) is 0 Å². The first-order valence-corrected chi connectivity index (χ1v) is 11.4. The fourth-order valence-electron chi connectivity index (χ4n) is 3.95. The number of allylic oxidation sites excluding steroid dienone is 2. The molecule has 0 radical (unpaired) electrons. The summed E-state index contributed by atoms with van der Waals surface area (Å²) >= 11 is 0. The molecular weight excluding hydrogens is 412 g/mol. The number of phenolic OH excluding ortho intramolecular Hbond substituents is 3. The maximum absolute atomic E-state index is 10.7. The fraction of sp³-hybridized carbons (Fsp3) is 0.310. The summed E-state index contributed by atoms with van der Waals surface area (Å²) in [4.78, 5) is 0. The topological polar surface area (TPSA) is 69.9 Å². The number of phenols is 3. The molecule has 0 aliphatic carbocycles. The van der Waals surface area contributed by atoms with Crippen molar-refractivity contribution in [3.8, 4) is 28.7 Å². The van der Waals surface area contributed by atoms with Crippen molar-refractivity contribution in [3.63, 3.8) is 0 Å². The Balaban J connectivity index is 1.77. The molecule has 0 saturated carbocycles. The second kappa shape index (κ2) is 10.5. The average molecular weight is 447 g/mol. The van der Waals surface area contributed by atoms with Crippen LogP contribution in [-0.4, -0.2) is 15.3 Å². The van der Waals surface area contributed by atoms with Gasteiger partial charge in [0.25, 0.3) is 0 Å². The van der Waals surface area contributed by atoms with Gasteiger partial charge in [0, 0.05) is 29.7 Å². The first-order valence-electron chi connectivity index (χ1n) is 11.4. The first-order chi connectivity index (χ1) is 15.6. The van der Waals surface area contributed by atoms with Crippen LogP contribution in [0.3, 0.4) is 0 Å². The number of benzene rings is 3. The van der Waals surface area contributed by atoms with Gasteiger partial charge in [-0.2, -0.15) is 0 Å². The summed E-state index contributed by atoms with van der Waals surface area (Å²) in [7, 11) is 0. The van der Waals surface area contributed by atoms with Gasteiger partial charge in [-0.3, -0.25) is 0 Å². The molecule has 0 bridgehead atoms. The Kier molecular flexibility index (Phi) is 7.70. The minimum atomic E-state index is 0.134. The highest BCUT2D eigenvalue weighted by molar-refractivity contribution is 5.69. The highest BCUT2D eigenvalue weighted by Gasteiger charge is 2.12. The van der Waals surface area contributed by atoms with Crippen LogP contribution in [0.1, 0.15) is 61.4 Å². The number of ether oxygens (including phenoxy) is 1. The van der Waals surface area contributed by atoms with Crippen molar-refractivity contribution in [1.82, 2.24) is 0 Å². The van der Waals surface area contributed by atoms with Gasteiger partial charge >= 0.3 is 0 Å². The third-order valence-electron chi connectivity index (χ3n) is 5.76. The van der Waals surface area contributed by atoms with Gasteiger partial charge in [0.05, 0.1) is 0 Å². The van der Waals surface area contributed by atoms with E-state index in [-0.39, 0.29) is 17.2 Å². The van der Waals surface area contributed by atoms with Crippen molar-refractivity contribution in [3.05, 3.63) is 82.4 Å². The minimum absolute atomic E-state index is 0.134. The van der Waals surface area contributed by atoms with E-state index in [2.05, 4.69) is 19.9 Å². The molecule has 0 heterocycles. The molecule has 0 fully saturated rings. The molecule has 3 aromatic rings. The largest absolute Gasteiger partial charge is 0.508 e. The summed E-state index contributed by atoms with van der Waals surface area (Å²) in [6, 6.07) is 14.2. The highest BCUT2D eigenvalue weighted by Crippen LogP contribution is 2.34. The Morgan fingerprint density at radius 3 is 2.27 bits per heavy atom. The lowest BCUT2D eigenvalue weighted by molar-refractivity contribution is 0.442. The van der Waals surface area contributed by atoms with Crippen LogP contribution in [0.4, 0.5) is 0 Å². The lowest BCUT2D eigenvalue weighted by atomic mass is 9.96. The molecule has 4 nitrogen and oxygen atoms in total. The molecule has 3 rings (SSSR count). The van der Waals surface area contributed by atoms with Crippen molar-refractivity contribution in [2.24, 2.45) is 5.92 Å². The van der Waals surface area contributed by atoms with Gasteiger partial charge in [0.2, 0.25) is 0 Å². The average Bonchev–Trinajstić information content (AvgIpc) is 2.69. The summed E-state index contributed by atoms with van der Waals surface area (Å²) < 4.78 is 5.85. The lowest BCUT2D eigenvalue weighted by Crippen LogP contribution is -1.95. The Morgan fingerprint density at radius 1 is 0.909 bits per heavy atom. The predicted molar refractivity (Wildman–Crippen MR) is 134 cm³/mol. The quantitative estimate of drug-likeness (QED) is 0.332. The molecule has 0 aliphatic heterocycles. The molecule has 0 aliphatic rings. The summed E-state index contributed by atoms with van der Waals surface area (Å²) in [6.07, 6.45) is 4.79. The second-order valence-electron chi connectivity index (χ2n) is 9.23. The molecule has 174 valence electrons. The zero-order chi connectivity index (χ0) is 24.1. The van der Waals surface area contributed by atoms with E-state index in [1.54, 1.807) is 18.2 Å². The van der Waals surface area contributed by atoms with E-state index in [9.17, 15) is 15.3 Å². The summed E-state index contributed by atoms with van der Waals surface area (Å²) in [5.74, 6) is 2.19. The van der Waals surface area contributed by atoms with Gasteiger partial charge in [0.1, 0.15) is 28.7 Å².